The lowest BCUT2D eigenvalue weighted by Crippen LogP contribution is -1.96. The van der Waals surface area contributed by atoms with Gasteiger partial charge in [-0.05, 0) is 68.7 Å². The Hall–Kier alpha value is -0.240. The molecule has 0 fully saturated rings. The van der Waals surface area contributed by atoms with Gasteiger partial charge in [0.25, 0.3) is 0 Å². The van der Waals surface area contributed by atoms with E-state index in [-0.39, 0.29) is 0 Å². The van der Waals surface area contributed by atoms with E-state index in [2.05, 4.69) is 132 Å². The highest BCUT2D eigenvalue weighted by atomic mass is 79.9. The first kappa shape index (κ1) is 19.2. The maximum atomic E-state index is 3.86. The Labute approximate surface area is 221 Å². The van der Waals surface area contributed by atoms with Gasteiger partial charge >= 0.3 is 0 Å². The maximum Gasteiger partial charge on any atom is 0.0271 e. The van der Waals surface area contributed by atoms with E-state index in [1.807, 2.05) is 0 Å². The van der Waals surface area contributed by atoms with Crippen LogP contribution in [-0.4, -0.2) is 0 Å². The van der Waals surface area contributed by atoms with Crippen LogP contribution in [0.25, 0.3) is 64.6 Å². The average Bonchev–Trinajstić information content (AvgIpc) is 2.65. The van der Waals surface area contributed by atoms with Crippen LogP contribution in [0.5, 0.6) is 0 Å². The quantitative estimate of drug-likeness (QED) is 0.106. The predicted octanol–water partition coefficient (Wildman–Crippen LogP) is 11.5. The van der Waals surface area contributed by atoms with Gasteiger partial charge in [-0.3, -0.25) is 0 Å². The van der Waals surface area contributed by atoms with Gasteiger partial charge in [-0.15, -0.1) is 0 Å². The zero-order valence-electron chi connectivity index (χ0n) is 14.7. The Morgan fingerprint density at radius 2 is 0.467 bits per heavy atom. The van der Waals surface area contributed by atoms with E-state index >= 15 is 0 Å². The summed E-state index contributed by atoms with van der Waals surface area (Å²) in [5.74, 6) is 0. The van der Waals surface area contributed by atoms with E-state index in [0.29, 0.717) is 0 Å². The lowest BCUT2D eigenvalue weighted by molar-refractivity contribution is 1.70. The fourth-order valence-electron chi connectivity index (χ4n) is 5.23. The van der Waals surface area contributed by atoms with Crippen LogP contribution in [0, 0.1) is 0 Å². The second kappa shape index (κ2) is 6.21. The van der Waals surface area contributed by atoms with Crippen molar-refractivity contribution in [2.45, 2.75) is 0 Å². The molecule has 0 N–H and O–H groups in total. The minimum atomic E-state index is 1.10. The highest BCUT2D eigenvalue weighted by Crippen LogP contribution is 2.55. The molecule has 0 radical (unpaired) electrons. The van der Waals surface area contributed by atoms with E-state index in [4.69, 9.17) is 0 Å². The van der Waals surface area contributed by atoms with Crippen LogP contribution in [0.1, 0.15) is 0 Å². The van der Waals surface area contributed by atoms with Crippen LogP contribution < -0.4 is 0 Å². The van der Waals surface area contributed by atoms with Crippen molar-refractivity contribution in [2.24, 2.45) is 0 Å². The lowest BCUT2D eigenvalue weighted by Gasteiger charge is -2.24. The average molecular weight is 774 g/mol. The van der Waals surface area contributed by atoms with Gasteiger partial charge < -0.3 is 0 Å². The summed E-state index contributed by atoms with van der Waals surface area (Å²) in [6.45, 7) is 0. The van der Waals surface area contributed by atoms with E-state index in [1.54, 1.807) is 0 Å². The number of rotatable bonds is 0. The molecule has 7 rings (SSSR count). The Morgan fingerprint density at radius 1 is 0.267 bits per heavy atom. The summed E-state index contributed by atoms with van der Waals surface area (Å²) in [4.78, 5) is 0. The van der Waals surface area contributed by atoms with Gasteiger partial charge in [0.05, 0.1) is 0 Å². The summed E-state index contributed by atoms with van der Waals surface area (Å²) in [5.41, 5.74) is 0. The lowest BCUT2D eigenvalue weighted by atomic mass is 9.83. The van der Waals surface area contributed by atoms with Crippen LogP contribution in [0.15, 0.2) is 63.2 Å². The molecule has 0 saturated heterocycles. The largest absolute Gasteiger partial charge is 0.0501 e. The van der Waals surface area contributed by atoms with Gasteiger partial charge in [-0.2, -0.15) is 0 Å². The first-order valence-electron chi connectivity index (χ1n) is 9.10. The van der Waals surface area contributed by atoms with E-state index in [9.17, 15) is 0 Å². The molecule has 0 bridgehead atoms. The summed E-state index contributed by atoms with van der Waals surface area (Å²) >= 11 is 23.2. The zero-order chi connectivity index (χ0) is 20.6. The molecule has 0 spiro atoms. The standard InChI is InChI=1S/C24H6Br6/c25-10-1-7-2-11(26)20-13(28)5-9-6-15(30)21-14(29)4-8-3-12(27)19(10)22-16(7)23(20)18(9)24(21)17(8)22/h1-6H. The molecule has 0 aliphatic rings. The fourth-order valence-corrected chi connectivity index (χ4v) is 9.98. The summed E-state index contributed by atoms with van der Waals surface area (Å²) in [7, 11) is 0. The summed E-state index contributed by atoms with van der Waals surface area (Å²) < 4.78 is 6.62. The first-order valence-corrected chi connectivity index (χ1v) is 13.9. The molecule has 7 aromatic carbocycles. The molecule has 6 heteroatoms. The maximum absolute atomic E-state index is 3.86. The van der Waals surface area contributed by atoms with Crippen molar-refractivity contribution in [3.8, 4) is 0 Å². The van der Waals surface area contributed by atoms with Gasteiger partial charge in [0.15, 0.2) is 0 Å². The molecule has 30 heavy (non-hydrogen) atoms. The van der Waals surface area contributed by atoms with Crippen molar-refractivity contribution < 1.29 is 0 Å². The Morgan fingerprint density at radius 3 is 0.667 bits per heavy atom. The molecule has 144 valence electrons. The van der Waals surface area contributed by atoms with Crippen LogP contribution in [-0.2, 0) is 0 Å². The highest BCUT2D eigenvalue weighted by molar-refractivity contribution is 9.12. The van der Waals surface area contributed by atoms with E-state index in [1.165, 1.54) is 64.6 Å². The van der Waals surface area contributed by atoms with Crippen LogP contribution in [0.2, 0.25) is 0 Å². The van der Waals surface area contributed by atoms with Gasteiger partial charge in [-0.25, -0.2) is 0 Å². The SMILES string of the molecule is Brc1cc2cc(Br)c3c(Br)cc4cc(Br)c5c(Br)cc6cc(Br)c1c1c2c3c4c5c61. The Kier molecular flexibility index (Phi) is 3.98. The van der Waals surface area contributed by atoms with Crippen molar-refractivity contribution in [3.05, 3.63) is 63.2 Å². The Balaban J connectivity index is 2.08. The van der Waals surface area contributed by atoms with E-state index < -0.39 is 0 Å². The molecule has 0 aliphatic carbocycles. The topological polar surface area (TPSA) is 0 Å². The molecule has 0 heterocycles. The molecule has 0 unspecified atom stereocenters. The third kappa shape index (κ3) is 2.17. The summed E-state index contributed by atoms with van der Waals surface area (Å²) in [6.07, 6.45) is 0. The number of hydrogen-bond donors (Lipinski definition) is 0. The van der Waals surface area contributed by atoms with Crippen molar-refractivity contribution >= 4 is 160 Å². The first-order chi connectivity index (χ1) is 14.4. The molecule has 0 aliphatic heterocycles. The van der Waals surface area contributed by atoms with Gasteiger partial charge in [0, 0.05) is 59.2 Å². The smallest absolute Gasteiger partial charge is 0.0271 e. The van der Waals surface area contributed by atoms with Crippen LogP contribution in [0.4, 0.5) is 0 Å². The number of halogens is 6. The monoisotopic (exact) mass is 768 g/mol. The molecule has 0 saturated carbocycles. The molecule has 0 aromatic heterocycles. The third-order valence-corrected chi connectivity index (χ3v) is 9.99. The minimum Gasteiger partial charge on any atom is -0.0501 e. The zero-order valence-corrected chi connectivity index (χ0v) is 24.2. The normalized spacial score (nSPS) is 13.0. The number of benzene rings is 7. The number of hydrogen-bond acceptors (Lipinski definition) is 0. The van der Waals surface area contributed by atoms with Crippen molar-refractivity contribution in [3.63, 3.8) is 0 Å². The van der Waals surface area contributed by atoms with Crippen LogP contribution >= 0.6 is 95.6 Å². The van der Waals surface area contributed by atoms with Gasteiger partial charge in [-0.1, -0.05) is 95.6 Å². The Bertz CT molecular complexity index is 1520. The summed E-state index contributed by atoms with van der Waals surface area (Å²) in [6, 6.07) is 13.4. The molecular formula is C24H6Br6. The molecular weight excluding hydrogens is 768 g/mol. The third-order valence-electron chi connectivity index (χ3n) is 6.24. The highest BCUT2D eigenvalue weighted by Gasteiger charge is 2.26. The molecule has 0 atom stereocenters. The van der Waals surface area contributed by atoms with Gasteiger partial charge in [0.1, 0.15) is 0 Å². The second-order valence-corrected chi connectivity index (χ2v) is 12.8. The van der Waals surface area contributed by atoms with Gasteiger partial charge in [0.2, 0.25) is 0 Å². The molecule has 0 nitrogen and oxygen atoms in total. The molecule has 0 amide bonds. The van der Waals surface area contributed by atoms with E-state index in [0.717, 1.165) is 26.8 Å². The van der Waals surface area contributed by atoms with Crippen molar-refractivity contribution in [1.82, 2.24) is 0 Å². The fraction of sp³-hybridized carbons (Fsp3) is 0. The van der Waals surface area contributed by atoms with Crippen molar-refractivity contribution in [2.75, 3.05) is 0 Å². The summed E-state index contributed by atoms with van der Waals surface area (Å²) in [5, 5.41) is 15.3. The van der Waals surface area contributed by atoms with Crippen LogP contribution in [0.3, 0.4) is 0 Å². The van der Waals surface area contributed by atoms with Crippen molar-refractivity contribution in [1.29, 1.82) is 0 Å². The predicted molar refractivity (Wildman–Crippen MR) is 151 cm³/mol. The molecule has 7 aromatic rings. The minimum absolute atomic E-state index is 1.10. The second-order valence-electron chi connectivity index (χ2n) is 7.69.